The number of nitrogens with zero attached hydrogens (tertiary/aromatic N) is 2. The first-order valence-corrected chi connectivity index (χ1v) is 9.73. The Balaban J connectivity index is 1.86. The van der Waals surface area contributed by atoms with E-state index in [-0.39, 0.29) is 5.91 Å². The van der Waals surface area contributed by atoms with Gasteiger partial charge in [0.25, 0.3) is 0 Å². The van der Waals surface area contributed by atoms with Crippen molar-refractivity contribution in [2.24, 2.45) is 4.99 Å². The molecule has 1 heterocycles. The van der Waals surface area contributed by atoms with Crippen LogP contribution in [0.5, 0.6) is 5.75 Å². The monoisotopic (exact) mass is 380 g/mol. The van der Waals surface area contributed by atoms with E-state index in [1.165, 1.54) is 0 Å². The highest BCUT2D eigenvalue weighted by molar-refractivity contribution is 6.30. The number of carbonyl (C=O) groups excluding carboxylic acids is 1. The third-order valence-corrected chi connectivity index (χ3v) is 4.38. The normalized spacial score (nSPS) is 14.7. The highest BCUT2D eigenvalue weighted by atomic mass is 35.5. The number of guanidine groups is 1. The molecule has 1 aliphatic heterocycles. The standard InChI is InChI=1S/C19H29ClN4O2/c1-3-21-19(22-10-6-12-24-11-5-7-18(24)25)23-14-15-8-9-16(20)13-17(15)26-4-2/h8-9,13H,3-7,10-12,14H2,1-2H3,(H2,21,22,23). The number of hydrogen-bond donors (Lipinski definition) is 2. The van der Waals surface area contributed by atoms with Crippen LogP contribution in [0.15, 0.2) is 23.2 Å². The molecular formula is C19H29ClN4O2. The van der Waals surface area contributed by atoms with Gasteiger partial charge in [-0.25, -0.2) is 4.99 Å². The van der Waals surface area contributed by atoms with Gasteiger partial charge < -0.3 is 20.3 Å². The van der Waals surface area contributed by atoms with Crippen molar-refractivity contribution in [3.8, 4) is 5.75 Å². The van der Waals surface area contributed by atoms with E-state index in [1.54, 1.807) is 0 Å². The molecule has 0 saturated carbocycles. The van der Waals surface area contributed by atoms with Crippen LogP contribution in [0.25, 0.3) is 0 Å². The van der Waals surface area contributed by atoms with E-state index in [0.717, 1.165) is 56.3 Å². The zero-order valence-electron chi connectivity index (χ0n) is 15.7. The molecule has 7 heteroatoms. The minimum atomic E-state index is 0.275. The van der Waals surface area contributed by atoms with Gasteiger partial charge in [-0.15, -0.1) is 0 Å². The van der Waals surface area contributed by atoms with Crippen molar-refractivity contribution >= 4 is 23.5 Å². The molecule has 144 valence electrons. The van der Waals surface area contributed by atoms with E-state index in [0.29, 0.717) is 24.6 Å². The number of aliphatic imine (C=N–C) groups is 1. The fourth-order valence-corrected chi connectivity index (χ4v) is 3.03. The third kappa shape index (κ3) is 6.41. The van der Waals surface area contributed by atoms with Gasteiger partial charge in [0.2, 0.25) is 5.91 Å². The highest BCUT2D eigenvalue weighted by Gasteiger charge is 2.18. The van der Waals surface area contributed by atoms with Gasteiger partial charge >= 0.3 is 0 Å². The Morgan fingerprint density at radius 3 is 2.88 bits per heavy atom. The van der Waals surface area contributed by atoms with Gasteiger partial charge in [-0.1, -0.05) is 17.7 Å². The van der Waals surface area contributed by atoms with E-state index in [4.69, 9.17) is 16.3 Å². The van der Waals surface area contributed by atoms with Gasteiger partial charge in [-0.05, 0) is 38.8 Å². The molecule has 0 atom stereocenters. The lowest BCUT2D eigenvalue weighted by Crippen LogP contribution is -2.39. The van der Waals surface area contributed by atoms with Crippen molar-refractivity contribution < 1.29 is 9.53 Å². The van der Waals surface area contributed by atoms with Crippen LogP contribution in [-0.4, -0.2) is 49.6 Å². The zero-order chi connectivity index (χ0) is 18.8. The van der Waals surface area contributed by atoms with E-state index in [2.05, 4.69) is 15.6 Å². The summed E-state index contributed by atoms with van der Waals surface area (Å²) in [5.74, 6) is 1.81. The minimum Gasteiger partial charge on any atom is -0.493 e. The van der Waals surface area contributed by atoms with E-state index >= 15 is 0 Å². The molecule has 1 aromatic rings. The Hall–Kier alpha value is -1.95. The number of rotatable bonds is 9. The van der Waals surface area contributed by atoms with E-state index in [9.17, 15) is 4.79 Å². The van der Waals surface area contributed by atoms with Gasteiger partial charge in [0, 0.05) is 43.2 Å². The molecule has 0 spiro atoms. The third-order valence-electron chi connectivity index (χ3n) is 4.15. The van der Waals surface area contributed by atoms with Crippen molar-refractivity contribution in [3.63, 3.8) is 0 Å². The van der Waals surface area contributed by atoms with Gasteiger partial charge in [-0.3, -0.25) is 4.79 Å². The first-order chi connectivity index (χ1) is 12.6. The maximum Gasteiger partial charge on any atom is 0.222 e. The second kappa shape index (κ2) is 10.9. The Morgan fingerprint density at radius 1 is 1.35 bits per heavy atom. The fourth-order valence-electron chi connectivity index (χ4n) is 2.87. The van der Waals surface area contributed by atoms with E-state index in [1.807, 2.05) is 36.9 Å². The molecule has 0 aromatic heterocycles. The van der Waals surface area contributed by atoms with Crippen LogP contribution in [0.1, 0.15) is 38.7 Å². The Morgan fingerprint density at radius 2 is 2.19 bits per heavy atom. The number of benzene rings is 1. The van der Waals surface area contributed by atoms with Crippen LogP contribution < -0.4 is 15.4 Å². The lowest BCUT2D eigenvalue weighted by atomic mass is 10.2. The molecule has 1 aliphatic rings. The van der Waals surface area contributed by atoms with Gasteiger partial charge in [0.15, 0.2) is 5.96 Å². The summed E-state index contributed by atoms with van der Waals surface area (Å²) in [4.78, 5) is 18.2. The molecule has 2 N–H and O–H groups in total. The number of ether oxygens (including phenoxy) is 1. The second-order valence-corrected chi connectivity index (χ2v) is 6.58. The van der Waals surface area contributed by atoms with Crippen LogP contribution in [0.3, 0.4) is 0 Å². The lowest BCUT2D eigenvalue weighted by Gasteiger charge is -2.16. The fraction of sp³-hybridized carbons (Fsp3) is 0.579. The lowest BCUT2D eigenvalue weighted by molar-refractivity contribution is -0.127. The Labute approximate surface area is 161 Å². The predicted octanol–water partition coefficient (Wildman–Crippen LogP) is 2.81. The summed E-state index contributed by atoms with van der Waals surface area (Å²) in [6.45, 7) is 8.33. The highest BCUT2D eigenvalue weighted by Crippen LogP contribution is 2.24. The second-order valence-electron chi connectivity index (χ2n) is 6.14. The molecule has 26 heavy (non-hydrogen) atoms. The van der Waals surface area contributed by atoms with Gasteiger partial charge in [0.1, 0.15) is 5.75 Å². The Bertz CT molecular complexity index is 622. The topological polar surface area (TPSA) is 66.0 Å². The summed E-state index contributed by atoms with van der Waals surface area (Å²) < 4.78 is 5.64. The average molecular weight is 381 g/mol. The first kappa shape index (κ1) is 20.4. The molecule has 6 nitrogen and oxygen atoms in total. The van der Waals surface area contributed by atoms with Crippen molar-refractivity contribution in [1.82, 2.24) is 15.5 Å². The first-order valence-electron chi connectivity index (χ1n) is 9.35. The van der Waals surface area contributed by atoms with E-state index < -0.39 is 0 Å². The molecule has 2 rings (SSSR count). The molecule has 0 aliphatic carbocycles. The molecule has 0 radical (unpaired) electrons. The van der Waals surface area contributed by atoms with Crippen LogP contribution in [-0.2, 0) is 11.3 Å². The quantitative estimate of drug-likeness (QED) is 0.393. The van der Waals surface area contributed by atoms with Gasteiger partial charge in [0.05, 0.1) is 13.2 Å². The summed E-state index contributed by atoms with van der Waals surface area (Å²) in [6.07, 6.45) is 2.59. The Kier molecular flexibility index (Phi) is 8.54. The maximum atomic E-state index is 11.6. The molecule has 0 unspecified atom stereocenters. The molecule has 1 aromatic carbocycles. The van der Waals surface area contributed by atoms with Gasteiger partial charge in [-0.2, -0.15) is 0 Å². The average Bonchev–Trinajstić information content (AvgIpc) is 3.03. The van der Waals surface area contributed by atoms with Crippen molar-refractivity contribution in [2.45, 2.75) is 39.7 Å². The molecule has 0 bridgehead atoms. The number of hydrogen-bond acceptors (Lipinski definition) is 3. The molecule has 1 amide bonds. The number of nitrogens with one attached hydrogen (secondary N) is 2. The summed E-state index contributed by atoms with van der Waals surface area (Å²) in [5, 5.41) is 7.23. The molecule has 1 saturated heterocycles. The summed E-state index contributed by atoms with van der Waals surface area (Å²) in [5.41, 5.74) is 0.996. The van der Waals surface area contributed by atoms with Crippen LogP contribution >= 0.6 is 11.6 Å². The number of likely N-dealkylation sites (tertiary alicyclic amines) is 1. The van der Waals surface area contributed by atoms with Crippen LogP contribution in [0.2, 0.25) is 5.02 Å². The van der Waals surface area contributed by atoms with Crippen LogP contribution in [0, 0.1) is 0 Å². The minimum absolute atomic E-state index is 0.275. The molecular weight excluding hydrogens is 352 g/mol. The number of halogens is 1. The smallest absolute Gasteiger partial charge is 0.222 e. The van der Waals surface area contributed by atoms with Crippen LogP contribution in [0.4, 0.5) is 0 Å². The SMILES string of the molecule is CCNC(=NCc1ccc(Cl)cc1OCC)NCCCN1CCCC1=O. The summed E-state index contributed by atoms with van der Waals surface area (Å²) in [7, 11) is 0. The number of amides is 1. The van der Waals surface area contributed by atoms with Crippen molar-refractivity contribution in [1.29, 1.82) is 0 Å². The summed E-state index contributed by atoms with van der Waals surface area (Å²) >= 11 is 6.05. The maximum absolute atomic E-state index is 11.6. The summed E-state index contributed by atoms with van der Waals surface area (Å²) in [6, 6.07) is 5.62. The largest absolute Gasteiger partial charge is 0.493 e. The molecule has 1 fully saturated rings. The van der Waals surface area contributed by atoms with Crippen molar-refractivity contribution in [2.75, 3.05) is 32.8 Å². The van der Waals surface area contributed by atoms with Crippen molar-refractivity contribution in [3.05, 3.63) is 28.8 Å². The zero-order valence-corrected chi connectivity index (χ0v) is 16.4. The predicted molar refractivity (Wildman–Crippen MR) is 106 cm³/mol. The number of carbonyl (C=O) groups is 1.